The van der Waals surface area contributed by atoms with Crippen LogP contribution < -0.4 is 10.1 Å². The number of nitrogens with one attached hydrogen (secondary N) is 1. The van der Waals surface area contributed by atoms with Crippen LogP contribution in [0.5, 0.6) is 11.5 Å². The molecule has 2 aromatic rings. The SMILES string of the molecule is COc1cccc(CNc2cc(C(=O)O)ccc2F)c1O. The molecule has 2 rings (SSSR count). The van der Waals surface area contributed by atoms with E-state index in [1.807, 2.05) is 0 Å². The lowest BCUT2D eigenvalue weighted by Gasteiger charge is -2.11. The lowest BCUT2D eigenvalue weighted by molar-refractivity contribution is 0.0697. The number of ether oxygens (including phenoxy) is 1. The van der Waals surface area contributed by atoms with Gasteiger partial charge < -0.3 is 20.3 Å². The number of para-hydroxylation sites is 1. The third-order valence-electron chi connectivity index (χ3n) is 2.99. The van der Waals surface area contributed by atoms with Gasteiger partial charge in [0.05, 0.1) is 18.4 Å². The molecule has 0 aromatic heterocycles. The molecule has 0 heterocycles. The van der Waals surface area contributed by atoms with Crippen molar-refractivity contribution in [2.45, 2.75) is 6.54 Å². The van der Waals surface area contributed by atoms with Gasteiger partial charge in [-0.3, -0.25) is 0 Å². The monoisotopic (exact) mass is 291 g/mol. The number of phenolic OH excluding ortho intramolecular Hbond substituents is 1. The second kappa shape index (κ2) is 6.13. The summed E-state index contributed by atoms with van der Waals surface area (Å²) in [4.78, 5) is 10.9. The summed E-state index contributed by atoms with van der Waals surface area (Å²) in [5, 5.41) is 21.6. The standard InChI is InChI=1S/C15H14FNO4/c1-21-13-4-2-3-10(14(13)18)8-17-12-7-9(15(19)20)5-6-11(12)16/h2-7,17-18H,8H2,1H3,(H,19,20). The van der Waals surface area contributed by atoms with Crippen LogP contribution in [0.4, 0.5) is 10.1 Å². The Labute approximate surface area is 120 Å². The fourth-order valence-corrected chi connectivity index (χ4v) is 1.86. The first-order chi connectivity index (χ1) is 10.0. The third kappa shape index (κ3) is 3.22. The van der Waals surface area contributed by atoms with E-state index >= 15 is 0 Å². The van der Waals surface area contributed by atoms with Crippen molar-refractivity contribution in [3.63, 3.8) is 0 Å². The number of benzene rings is 2. The molecule has 110 valence electrons. The number of aromatic carboxylic acids is 1. The Morgan fingerprint density at radius 3 is 2.76 bits per heavy atom. The van der Waals surface area contributed by atoms with Gasteiger partial charge in [-0.1, -0.05) is 12.1 Å². The molecule has 0 bridgehead atoms. The summed E-state index contributed by atoms with van der Waals surface area (Å²) < 4.78 is 18.6. The van der Waals surface area contributed by atoms with Crippen LogP contribution >= 0.6 is 0 Å². The van der Waals surface area contributed by atoms with E-state index in [2.05, 4.69) is 5.32 Å². The average Bonchev–Trinajstić information content (AvgIpc) is 2.47. The molecule has 6 heteroatoms. The van der Waals surface area contributed by atoms with E-state index in [0.717, 1.165) is 6.07 Å². The largest absolute Gasteiger partial charge is 0.504 e. The zero-order valence-electron chi connectivity index (χ0n) is 11.3. The van der Waals surface area contributed by atoms with E-state index in [9.17, 15) is 14.3 Å². The Morgan fingerprint density at radius 2 is 2.10 bits per heavy atom. The number of carbonyl (C=O) groups is 1. The lowest BCUT2D eigenvalue weighted by Crippen LogP contribution is -2.04. The number of aromatic hydroxyl groups is 1. The fraction of sp³-hybridized carbons (Fsp3) is 0.133. The van der Waals surface area contributed by atoms with Crippen LogP contribution in [0.25, 0.3) is 0 Å². The number of hydrogen-bond donors (Lipinski definition) is 3. The number of carboxylic acids is 1. The maximum absolute atomic E-state index is 13.6. The highest BCUT2D eigenvalue weighted by Gasteiger charge is 2.10. The number of anilines is 1. The molecule has 0 aliphatic rings. The zero-order valence-corrected chi connectivity index (χ0v) is 11.3. The minimum atomic E-state index is -1.14. The highest BCUT2D eigenvalue weighted by Crippen LogP contribution is 2.30. The van der Waals surface area contributed by atoms with E-state index in [-0.39, 0.29) is 23.5 Å². The van der Waals surface area contributed by atoms with E-state index in [1.165, 1.54) is 19.2 Å². The molecule has 0 atom stereocenters. The second-order valence-electron chi connectivity index (χ2n) is 4.32. The van der Waals surface area contributed by atoms with Gasteiger partial charge in [-0.05, 0) is 24.3 Å². The van der Waals surface area contributed by atoms with Gasteiger partial charge in [-0.15, -0.1) is 0 Å². The zero-order chi connectivity index (χ0) is 15.4. The van der Waals surface area contributed by atoms with Crippen LogP contribution in [0.3, 0.4) is 0 Å². The van der Waals surface area contributed by atoms with Crippen molar-refractivity contribution in [3.8, 4) is 11.5 Å². The minimum Gasteiger partial charge on any atom is -0.504 e. The van der Waals surface area contributed by atoms with Gasteiger partial charge in [0, 0.05) is 12.1 Å². The summed E-state index contributed by atoms with van der Waals surface area (Å²) in [6.07, 6.45) is 0. The van der Waals surface area contributed by atoms with E-state index < -0.39 is 11.8 Å². The van der Waals surface area contributed by atoms with Gasteiger partial charge in [0.25, 0.3) is 0 Å². The molecule has 21 heavy (non-hydrogen) atoms. The fourth-order valence-electron chi connectivity index (χ4n) is 1.86. The van der Waals surface area contributed by atoms with Crippen LogP contribution in [0, 0.1) is 5.82 Å². The summed E-state index contributed by atoms with van der Waals surface area (Å²) in [5.74, 6) is -1.43. The number of phenols is 1. The smallest absolute Gasteiger partial charge is 0.335 e. The lowest BCUT2D eigenvalue weighted by atomic mass is 10.1. The summed E-state index contributed by atoms with van der Waals surface area (Å²) in [5.41, 5.74) is 0.542. The molecular formula is C15H14FNO4. The van der Waals surface area contributed by atoms with Gasteiger partial charge >= 0.3 is 5.97 Å². The van der Waals surface area contributed by atoms with E-state index in [0.29, 0.717) is 11.3 Å². The van der Waals surface area contributed by atoms with E-state index in [4.69, 9.17) is 9.84 Å². The highest BCUT2D eigenvalue weighted by atomic mass is 19.1. The predicted octanol–water partition coefficient (Wildman–Crippen LogP) is 2.85. The molecule has 0 fully saturated rings. The van der Waals surface area contributed by atoms with Crippen LogP contribution in [0.2, 0.25) is 0 Å². The first-order valence-corrected chi connectivity index (χ1v) is 6.14. The Balaban J connectivity index is 2.20. The Bertz CT molecular complexity index is 673. The number of carboxylic acid groups (broad SMARTS) is 1. The predicted molar refractivity (Wildman–Crippen MR) is 75.3 cm³/mol. The summed E-state index contributed by atoms with van der Waals surface area (Å²) >= 11 is 0. The Kier molecular flexibility index (Phi) is 4.27. The van der Waals surface area contributed by atoms with Crippen molar-refractivity contribution in [2.24, 2.45) is 0 Å². The van der Waals surface area contributed by atoms with Gasteiger partial charge in [0.15, 0.2) is 11.5 Å². The van der Waals surface area contributed by atoms with Crippen molar-refractivity contribution in [1.82, 2.24) is 0 Å². The maximum atomic E-state index is 13.6. The van der Waals surface area contributed by atoms with Gasteiger partial charge in [0.2, 0.25) is 0 Å². The molecule has 0 saturated heterocycles. The second-order valence-corrected chi connectivity index (χ2v) is 4.32. The van der Waals surface area contributed by atoms with Crippen LogP contribution in [-0.2, 0) is 6.54 Å². The number of methoxy groups -OCH3 is 1. The van der Waals surface area contributed by atoms with Crippen molar-refractivity contribution >= 4 is 11.7 Å². The number of rotatable bonds is 5. The molecule has 3 N–H and O–H groups in total. The maximum Gasteiger partial charge on any atom is 0.335 e. The molecule has 0 spiro atoms. The first kappa shape index (κ1) is 14.6. The Hall–Kier alpha value is -2.76. The normalized spacial score (nSPS) is 10.2. The topological polar surface area (TPSA) is 78.8 Å². The van der Waals surface area contributed by atoms with Gasteiger partial charge in [-0.2, -0.15) is 0 Å². The molecule has 5 nitrogen and oxygen atoms in total. The molecule has 0 aliphatic carbocycles. The summed E-state index contributed by atoms with van der Waals surface area (Å²) in [6.45, 7) is 0.128. The number of hydrogen-bond acceptors (Lipinski definition) is 4. The summed E-state index contributed by atoms with van der Waals surface area (Å²) in [6, 6.07) is 8.42. The van der Waals surface area contributed by atoms with Crippen LogP contribution in [0.1, 0.15) is 15.9 Å². The molecule has 0 saturated carbocycles. The average molecular weight is 291 g/mol. The summed E-state index contributed by atoms with van der Waals surface area (Å²) in [7, 11) is 1.43. The van der Waals surface area contributed by atoms with Crippen molar-refractivity contribution < 1.29 is 24.1 Å². The van der Waals surface area contributed by atoms with Gasteiger partial charge in [-0.25, -0.2) is 9.18 Å². The minimum absolute atomic E-state index is 0.0197. The molecular weight excluding hydrogens is 277 g/mol. The third-order valence-corrected chi connectivity index (χ3v) is 2.99. The van der Waals surface area contributed by atoms with Crippen LogP contribution in [-0.4, -0.2) is 23.3 Å². The first-order valence-electron chi connectivity index (χ1n) is 6.14. The van der Waals surface area contributed by atoms with Crippen molar-refractivity contribution in [3.05, 3.63) is 53.3 Å². The molecule has 0 radical (unpaired) electrons. The Morgan fingerprint density at radius 1 is 1.33 bits per heavy atom. The van der Waals surface area contributed by atoms with Crippen molar-refractivity contribution in [1.29, 1.82) is 0 Å². The molecule has 0 aliphatic heterocycles. The molecule has 2 aromatic carbocycles. The van der Waals surface area contributed by atoms with Crippen LogP contribution in [0.15, 0.2) is 36.4 Å². The van der Waals surface area contributed by atoms with Gasteiger partial charge in [0.1, 0.15) is 5.82 Å². The molecule has 0 amide bonds. The highest BCUT2D eigenvalue weighted by molar-refractivity contribution is 5.88. The number of halogens is 1. The molecule has 0 unspecified atom stereocenters. The van der Waals surface area contributed by atoms with E-state index in [1.54, 1.807) is 18.2 Å². The van der Waals surface area contributed by atoms with Crippen molar-refractivity contribution in [2.75, 3.05) is 12.4 Å². The quantitative estimate of drug-likeness (QED) is 0.789.